The van der Waals surface area contributed by atoms with Crippen molar-refractivity contribution in [1.29, 1.82) is 0 Å². The number of carbonyl (C=O) groups excluding carboxylic acids is 3. The van der Waals surface area contributed by atoms with Crippen LogP contribution >= 0.6 is 0 Å². The molecule has 0 saturated heterocycles. The largest absolute Gasteiger partial charge is 0.463 e. The lowest BCUT2D eigenvalue weighted by Gasteiger charge is -2.64. The second kappa shape index (κ2) is 6.40. The molecule has 4 rings (SSSR count). The summed E-state index contributed by atoms with van der Waals surface area (Å²) in [6.07, 6.45) is 7.67. The fourth-order valence-electron chi connectivity index (χ4n) is 8.28. The molecule has 0 spiro atoms. The van der Waals surface area contributed by atoms with E-state index >= 15 is 0 Å². The molecule has 0 heterocycles. The predicted molar refractivity (Wildman–Crippen MR) is 106 cm³/mol. The first-order valence-corrected chi connectivity index (χ1v) is 11.2. The number of carbonyl (C=O) groups is 3. The normalized spacial score (nSPS) is 50.3. The highest BCUT2D eigenvalue weighted by Crippen LogP contribution is 2.70. The van der Waals surface area contributed by atoms with E-state index in [4.69, 9.17) is 4.74 Å². The Morgan fingerprint density at radius 2 is 1.68 bits per heavy atom. The summed E-state index contributed by atoms with van der Waals surface area (Å²) in [7, 11) is 0. The first kappa shape index (κ1) is 20.1. The third-order valence-corrected chi connectivity index (χ3v) is 10.0. The summed E-state index contributed by atoms with van der Waals surface area (Å²) in [6, 6.07) is 0. The maximum Gasteiger partial charge on any atom is 0.302 e. The number of Topliss-reactive ketones (excluding diaryl/α,β-unsaturated/α-hetero) is 2. The lowest BCUT2D eigenvalue weighted by molar-refractivity contribution is -0.185. The average molecular weight is 389 g/mol. The highest BCUT2D eigenvalue weighted by molar-refractivity contribution is 5.93. The van der Waals surface area contributed by atoms with Crippen LogP contribution in [0.4, 0.5) is 0 Å². The van der Waals surface area contributed by atoms with Crippen LogP contribution in [0.2, 0.25) is 0 Å². The zero-order valence-electron chi connectivity index (χ0n) is 18.2. The summed E-state index contributed by atoms with van der Waals surface area (Å²) in [5.74, 6) is 1.59. The molecule has 4 nitrogen and oxygen atoms in total. The molecule has 0 aromatic rings. The van der Waals surface area contributed by atoms with Crippen LogP contribution in [0.1, 0.15) is 86.0 Å². The lowest BCUT2D eigenvalue weighted by atomic mass is 9.40. The monoisotopic (exact) mass is 388 g/mol. The van der Waals surface area contributed by atoms with Gasteiger partial charge in [0, 0.05) is 24.7 Å². The maximum atomic E-state index is 13.5. The average Bonchev–Trinajstić information content (AvgIpc) is 2.95. The number of hydrogen-bond donors (Lipinski definition) is 0. The Balaban J connectivity index is 1.64. The second-order valence-corrected chi connectivity index (χ2v) is 11.0. The van der Waals surface area contributed by atoms with Gasteiger partial charge < -0.3 is 4.74 Å². The summed E-state index contributed by atoms with van der Waals surface area (Å²) >= 11 is 0. The van der Waals surface area contributed by atoms with Crippen molar-refractivity contribution in [2.75, 3.05) is 0 Å². The number of fused-ring (bicyclic) bond motifs is 5. The summed E-state index contributed by atoms with van der Waals surface area (Å²) in [4.78, 5) is 37.2. The van der Waals surface area contributed by atoms with Crippen LogP contribution in [-0.2, 0) is 19.1 Å². The van der Waals surface area contributed by atoms with Gasteiger partial charge in [-0.05, 0) is 80.5 Å². The highest BCUT2D eigenvalue weighted by Gasteiger charge is 2.66. The van der Waals surface area contributed by atoms with E-state index < -0.39 is 5.41 Å². The molecule has 0 aliphatic heterocycles. The van der Waals surface area contributed by atoms with Gasteiger partial charge in [0.15, 0.2) is 0 Å². The third kappa shape index (κ3) is 2.58. The zero-order valence-corrected chi connectivity index (χ0v) is 18.2. The minimum atomic E-state index is -0.438. The summed E-state index contributed by atoms with van der Waals surface area (Å²) in [5.41, 5.74) is -0.219. The molecule has 8 atom stereocenters. The van der Waals surface area contributed by atoms with Crippen LogP contribution in [0.5, 0.6) is 0 Å². The van der Waals surface area contributed by atoms with E-state index in [0.29, 0.717) is 30.0 Å². The Labute approximate surface area is 169 Å². The van der Waals surface area contributed by atoms with Gasteiger partial charge in [-0.3, -0.25) is 14.4 Å². The predicted octanol–water partition coefficient (Wildman–Crippen LogP) is 4.74. The zero-order chi connectivity index (χ0) is 20.5. The summed E-state index contributed by atoms with van der Waals surface area (Å²) < 4.78 is 5.59. The van der Waals surface area contributed by atoms with Gasteiger partial charge in [0.25, 0.3) is 0 Å². The van der Waals surface area contributed by atoms with Gasteiger partial charge in [-0.25, -0.2) is 0 Å². The van der Waals surface area contributed by atoms with Crippen molar-refractivity contribution >= 4 is 17.5 Å². The second-order valence-electron chi connectivity index (χ2n) is 11.0. The van der Waals surface area contributed by atoms with Crippen LogP contribution in [0, 0.1) is 39.9 Å². The molecular formula is C24H36O4. The van der Waals surface area contributed by atoms with Gasteiger partial charge >= 0.3 is 5.97 Å². The molecule has 156 valence electrons. The molecule has 4 aliphatic carbocycles. The van der Waals surface area contributed by atoms with Crippen LogP contribution in [0.15, 0.2) is 0 Å². The smallest absolute Gasteiger partial charge is 0.302 e. The molecular weight excluding hydrogens is 352 g/mol. The Morgan fingerprint density at radius 1 is 0.964 bits per heavy atom. The molecule has 28 heavy (non-hydrogen) atoms. The van der Waals surface area contributed by atoms with E-state index in [-0.39, 0.29) is 34.6 Å². The minimum Gasteiger partial charge on any atom is -0.463 e. The van der Waals surface area contributed by atoms with Crippen molar-refractivity contribution in [3.63, 3.8) is 0 Å². The highest BCUT2D eigenvalue weighted by atomic mass is 16.5. The topological polar surface area (TPSA) is 60.4 Å². The van der Waals surface area contributed by atoms with E-state index in [0.717, 1.165) is 44.9 Å². The van der Waals surface area contributed by atoms with Crippen LogP contribution in [0.25, 0.3) is 0 Å². The van der Waals surface area contributed by atoms with Crippen molar-refractivity contribution in [3.8, 4) is 0 Å². The van der Waals surface area contributed by atoms with Gasteiger partial charge in [0.1, 0.15) is 17.7 Å². The Kier molecular flexibility index (Phi) is 4.60. The molecule has 4 saturated carbocycles. The fourth-order valence-corrected chi connectivity index (χ4v) is 8.28. The minimum absolute atomic E-state index is 0.0188. The summed E-state index contributed by atoms with van der Waals surface area (Å²) in [6.45, 7) is 10.0. The molecule has 0 N–H and O–H groups in total. The van der Waals surface area contributed by atoms with Gasteiger partial charge in [-0.15, -0.1) is 0 Å². The fraction of sp³-hybridized carbons (Fsp3) is 0.875. The standard InChI is InChI=1S/C24H36O4/c1-14(25)18-6-7-19-17-9-10-22(3)13-16(28-15(2)26)8-11-23(22,4)20(17)12-21(27)24(18,19)5/h16-20H,6-13H2,1-5H3/t16-,17-,18+,19-,20-,22+,23+,24+/m0/s1. The first-order chi connectivity index (χ1) is 13.0. The van der Waals surface area contributed by atoms with E-state index in [9.17, 15) is 14.4 Å². The Bertz CT molecular complexity index is 713. The van der Waals surface area contributed by atoms with E-state index in [1.165, 1.54) is 6.92 Å². The quantitative estimate of drug-likeness (QED) is 0.641. The van der Waals surface area contributed by atoms with Crippen LogP contribution < -0.4 is 0 Å². The molecule has 0 unspecified atom stereocenters. The lowest BCUT2D eigenvalue weighted by Crippen LogP contribution is -2.60. The molecule has 0 radical (unpaired) electrons. The summed E-state index contributed by atoms with van der Waals surface area (Å²) in [5, 5.41) is 0. The van der Waals surface area contributed by atoms with Crippen LogP contribution in [0.3, 0.4) is 0 Å². The van der Waals surface area contributed by atoms with Gasteiger partial charge in [-0.1, -0.05) is 20.8 Å². The van der Waals surface area contributed by atoms with Gasteiger partial charge in [0.05, 0.1) is 0 Å². The number of ether oxygens (including phenoxy) is 1. The molecule has 4 heteroatoms. The van der Waals surface area contributed by atoms with E-state index in [2.05, 4.69) is 20.8 Å². The van der Waals surface area contributed by atoms with Crippen molar-refractivity contribution in [3.05, 3.63) is 0 Å². The van der Waals surface area contributed by atoms with Gasteiger partial charge in [0.2, 0.25) is 0 Å². The maximum absolute atomic E-state index is 13.5. The van der Waals surface area contributed by atoms with Crippen molar-refractivity contribution in [2.45, 2.75) is 92.1 Å². The molecule has 4 fully saturated rings. The first-order valence-electron chi connectivity index (χ1n) is 11.2. The SMILES string of the molecule is CC(=O)O[C@H]1CC[C@]2(C)[C@H]3CC(=O)[C@]4(C)[C@@H](C(C)=O)CC[C@H]4[C@@H]3CC[C@]2(C)C1. The van der Waals surface area contributed by atoms with Crippen LogP contribution in [-0.4, -0.2) is 23.6 Å². The van der Waals surface area contributed by atoms with E-state index in [1.54, 1.807) is 6.92 Å². The number of hydrogen-bond acceptors (Lipinski definition) is 4. The number of rotatable bonds is 2. The third-order valence-electron chi connectivity index (χ3n) is 10.0. The van der Waals surface area contributed by atoms with Crippen molar-refractivity contribution in [1.82, 2.24) is 0 Å². The van der Waals surface area contributed by atoms with Gasteiger partial charge in [-0.2, -0.15) is 0 Å². The van der Waals surface area contributed by atoms with Crippen molar-refractivity contribution in [2.24, 2.45) is 39.9 Å². The van der Waals surface area contributed by atoms with E-state index in [1.807, 2.05) is 0 Å². The number of esters is 1. The number of ketones is 2. The van der Waals surface area contributed by atoms with Crippen molar-refractivity contribution < 1.29 is 19.1 Å². The molecule has 4 aliphatic rings. The Hall–Kier alpha value is -1.19. The molecule has 0 aromatic heterocycles. The molecule has 0 bridgehead atoms. The molecule has 0 aromatic carbocycles. The Morgan fingerprint density at radius 3 is 2.32 bits per heavy atom. The molecule has 0 amide bonds.